The topological polar surface area (TPSA) is 95.6 Å². The van der Waals surface area contributed by atoms with Gasteiger partial charge in [0.2, 0.25) is 21.8 Å². The van der Waals surface area contributed by atoms with Crippen molar-refractivity contribution in [2.75, 3.05) is 23.7 Å². The van der Waals surface area contributed by atoms with Crippen molar-refractivity contribution < 1.29 is 22.4 Å². The number of sulfonamides is 1. The Morgan fingerprint density at radius 1 is 1.19 bits per heavy atom. The average Bonchev–Trinajstić information content (AvgIpc) is 2.74. The van der Waals surface area contributed by atoms with E-state index in [1.165, 1.54) is 40.3 Å². The van der Waals surface area contributed by atoms with Gasteiger partial charge in [0.1, 0.15) is 5.82 Å². The standard InChI is InChI=1S/C21H22FN3O4S2/c1-13-20(26)24-18-12-17(5-6-19(18)30-13)31(28,29)25-9-7-14(8-10-25)21(27)23-16-4-2-3-15(22)11-16/h2-6,11-14H,7-10H2,1H3,(H,23,27)(H,24,26)/t13-/m1/s1. The minimum Gasteiger partial charge on any atom is -0.326 e. The zero-order valence-electron chi connectivity index (χ0n) is 16.8. The highest BCUT2D eigenvalue weighted by Gasteiger charge is 2.33. The molecular weight excluding hydrogens is 441 g/mol. The molecule has 0 spiro atoms. The Morgan fingerprint density at radius 2 is 1.94 bits per heavy atom. The maximum absolute atomic E-state index is 13.3. The third-order valence-electron chi connectivity index (χ3n) is 5.44. The first kappa shape index (κ1) is 21.8. The van der Waals surface area contributed by atoms with Gasteiger partial charge in [-0.05, 0) is 56.2 Å². The number of piperidine rings is 1. The number of amides is 2. The van der Waals surface area contributed by atoms with E-state index in [1.807, 2.05) is 0 Å². The quantitative estimate of drug-likeness (QED) is 0.726. The number of rotatable bonds is 4. The molecule has 4 rings (SSSR count). The molecule has 0 aliphatic carbocycles. The van der Waals surface area contributed by atoms with Crippen LogP contribution in [0.1, 0.15) is 19.8 Å². The summed E-state index contributed by atoms with van der Waals surface area (Å²) in [4.78, 5) is 25.3. The van der Waals surface area contributed by atoms with Crippen molar-refractivity contribution in [3.63, 3.8) is 0 Å². The fourth-order valence-electron chi connectivity index (χ4n) is 3.67. The maximum atomic E-state index is 13.3. The monoisotopic (exact) mass is 463 g/mol. The molecule has 2 aromatic carbocycles. The number of fused-ring (bicyclic) bond motifs is 1. The molecule has 0 aromatic heterocycles. The molecule has 1 saturated heterocycles. The van der Waals surface area contributed by atoms with Gasteiger partial charge in [-0.2, -0.15) is 4.31 Å². The smallest absolute Gasteiger partial charge is 0.243 e. The third kappa shape index (κ3) is 4.60. The molecular formula is C21H22FN3O4S2. The van der Waals surface area contributed by atoms with Gasteiger partial charge in [-0.15, -0.1) is 11.8 Å². The average molecular weight is 464 g/mol. The largest absolute Gasteiger partial charge is 0.326 e. The number of hydrogen-bond acceptors (Lipinski definition) is 5. The van der Waals surface area contributed by atoms with E-state index in [0.29, 0.717) is 24.2 Å². The second kappa shape index (κ2) is 8.60. The van der Waals surface area contributed by atoms with Crippen molar-refractivity contribution >= 4 is 45.0 Å². The lowest BCUT2D eigenvalue weighted by atomic mass is 9.97. The molecule has 1 atom stereocenters. The number of benzene rings is 2. The number of carbonyl (C=O) groups is 2. The fraction of sp³-hybridized carbons (Fsp3) is 0.333. The molecule has 2 aliphatic heterocycles. The molecule has 2 aromatic rings. The van der Waals surface area contributed by atoms with E-state index in [2.05, 4.69) is 10.6 Å². The first-order chi connectivity index (χ1) is 14.7. The van der Waals surface area contributed by atoms with Crippen LogP contribution in [0, 0.1) is 11.7 Å². The fourth-order valence-corrected chi connectivity index (χ4v) is 6.09. The SMILES string of the molecule is C[C@H]1Sc2ccc(S(=O)(=O)N3CCC(C(=O)Nc4cccc(F)c4)CC3)cc2NC1=O. The van der Waals surface area contributed by atoms with Crippen molar-refractivity contribution in [3.05, 3.63) is 48.3 Å². The van der Waals surface area contributed by atoms with Crippen LogP contribution < -0.4 is 10.6 Å². The number of halogens is 1. The number of thioether (sulfide) groups is 1. The van der Waals surface area contributed by atoms with Gasteiger partial charge in [0, 0.05) is 29.6 Å². The number of nitrogens with one attached hydrogen (secondary N) is 2. The zero-order chi connectivity index (χ0) is 22.2. The third-order valence-corrected chi connectivity index (χ3v) is 8.51. The van der Waals surface area contributed by atoms with Crippen molar-refractivity contribution in [2.45, 2.75) is 34.8 Å². The predicted molar refractivity (Wildman–Crippen MR) is 117 cm³/mol. The summed E-state index contributed by atoms with van der Waals surface area (Å²) in [6, 6.07) is 10.4. The number of nitrogens with zero attached hydrogens (tertiary/aromatic N) is 1. The van der Waals surface area contributed by atoms with Gasteiger partial charge in [0.25, 0.3) is 0 Å². The minimum absolute atomic E-state index is 0.115. The van der Waals surface area contributed by atoms with Gasteiger partial charge in [-0.1, -0.05) is 6.07 Å². The Hall–Kier alpha value is -2.43. The summed E-state index contributed by atoms with van der Waals surface area (Å²) in [6.45, 7) is 2.21. The molecule has 2 N–H and O–H groups in total. The summed E-state index contributed by atoms with van der Waals surface area (Å²) < 4.78 is 40.8. The lowest BCUT2D eigenvalue weighted by Crippen LogP contribution is -2.41. The van der Waals surface area contributed by atoms with E-state index >= 15 is 0 Å². The van der Waals surface area contributed by atoms with E-state index in [1.54, 1.807) is 25.1 Å². The van der Waals surface area contributed by atoms with Gasteiger partial charge in [0.15, 0.2) is 0 Å². The molecule has 31 heavy (non-hydrogen) atoms. The lowest BCUT2D eigenvalue weighted by Gasteiger charge is -2.31. The molecule has 1 fully saturated rings. The van der Waals surface area contributed by atoms with Crippen molar-refractivity contribution in [2.24, 2.45) is 5.92 Å². The normalized spacial score (nSPS) is 20.1. The van der Waals surface area contributed by atoms with Crippen LogP contribution in [0.3, 0.4) is 0 Å². The second-order valence-electron chi connectivity index (χ2n) is 7.59. The van der Waals surface area contributed by atoms with Crippen molar-refractivity contribution in [1.82, 2.24) is 4.31 Å². The highest BCUT2D eigenvalue weighted by Crippen LogP contribution is 2.37. The van der Waals surface area contributed by atoms with E-state index < -0.39 is 15.8 Å². The summed E-state index contributed by atoms with van der Waals surface area (Å²) in [5.74, 6) is -1.19. The molecule has 10 heteroatoms. The number of anilines is 2. The summed E-state index contributed by atoms with van der Waals surface area (Å²) in [5.41, 5.74) is 0.877. The Morgan fingerprint density at radius 3 is 2.65 bits per heavy atom. The highest BCUT2D eigenvalue weighted by molar-refractivity contribution is 8.01. The van der Waals surface area contributed by atoms with E-state index in [4.69, 9.17) is 0 Å². The Kier molecular flexibility index (Phi) is 6.05. The maximum Gasteiger partial charge on any atom is 0.243 e. The van der Waals surface area contributed by atoms with Crippen LogP contribution in [0.25, 0.3) is 0 Å². The molecule has 2 heterocycles. The Labute approximate surface area is 184 Å². The van der Waals surface area contributed by atoms with Gasteiger partial charge in [0.05, 0.1) is 15.8 Å². The van der Waals surface area contributed by atoms with Gasteiger partial charge in [-0.3, -0.25) is 9.59 Å². The Bertz CT molecular complexity index is 1130. The van der Waals surface area contributed by atoms with Gasteiger partial charge in [-0.25, -0.2) is 12.8 Å². The minimum atomic E-state index is -3.75. The molecule has 0 bridgehead atoms. The van der Waals surface area contributed by atoms with Crippen molar-refractivity contribution in [1.29, 1.82) is 0 Å². The summed E-state index contributed by atoms with van der Waals surface area (Å²) in [7, 11) is -3.75. The van der Waals surface area contributed by atoms with E-state index in [9.17, 15) is 22.4 Å². The van der Waals surface area contributed by atoms with Crippen LogP contribution in [0.15, 0.2) is 52.3 Å². The van der Waals surface area contributed by atoms with Gasteiger partial charge >= 0.3 is 0 Å². The molecule has 0 unspecified atom stereocenters. The Balaban J connectivity index is 1.42. The summed E-state index contributed by atoms with van der Waals surface area (Å²) >= 11 is 1.39. The van der Waals surface area contributed by atoms with E-state index in [-0.39, 0.29) is 41.0 Å². The zero-order valence-corrected chi connectivity index (χ0v) is 18.4. The first-order valence-corrected chi connectivity index (χ1v) is 12.2. The highest BCUT2D eigenvalue weighted by atomic mass is 32.2. The van der Waals surface area contributed by atoms with Crippen molar-refractivity contribution in [3.8, 4) is 0 Å². The number of hydrogen-bond donors (Lipinski definition) is 2. The van der Waals surface area contributed by atoms with Gasteiger partial charge < -0.3 is 10.6 Å². The van der Waals surface area contributed by atoms with Crippen LogP contribution in [-0.4, -0.2) is 42.9 Å². The van der Waals surface area contributed by atoms with Crippen LogP contribution in [0.5, 0.6) is 0 Å². The summed E-state index contributed by atoms with van der Waals surface area (Å²) in [6.07, 6.45) is 0.741. The first-order valence-electron chi connectivity index (χ1n) is 9.92. The lowest BCUT2D eigenvalue weighted by molar-refractivity contribution is -0.121. The predicted octanol–water partition coefficient (Wildman–Crippen LogP) is 3.30. The van der Waals surface area contributed by atoms with Crippen LogP contribution in [0.4, 0.5) is 15.8 Å². The molecule has 2 amide bonds. The van der Waals surface area contributed by atoms with Crippen LogP contribution in [0.2, 0.25) is 0 Å². The van der Waals surface area contributed by atoms with Crippen LogP contribution >= 0.6 is 11.8 Å². The molecule has 0 radical (unpaired) electrons. The molecule has 7 nitrogen and oxygen atoms in total. The molecule has 2 aliphatic rings. The van der Waals surface area contributed by atoms with E-state index in [0.717, 1.165) is 4.90 Å². The number of carbonyl (C=O) groups excluding carboxylic acids is 2. The summed E-state index contributed by atoms with van der Waals surface area (Å²) in [5, 5.41) is 5.21. The second-order valence-corrected chi connectivity index (χ2v) is 10.9. The van der Waals surface area contributed by atoms with Crippen LogP contribution in [-0.2, 0) is 19.6 Å². The molecule has 164 valence electrons. The molecule has 0 saturated carbocycles.